The van der Waals surface area contributed by atoms with Crippen LogP contribution in [0, 0.1) is 0 Å². The van der Waals surface area contributed by atoms with Crippen molar-refractivity contribution in [2.24, 2.45) is 5.10 Å². The molecule has 1 saturated heterocycles. The lowest BCUT2D eigenvalue weighted by molar-refractivity contribution is -0.139. The van der Waals surface area contributed by atoms with Crippen molar-refractivity contribution in [3.63, 3.8) is 0 Å². The predicted octanol–water partition coefficient (Wildman–Crippen LogP) is 1.98. The average Bonchev–Trinajstić information content (AvgIpc) is 3.12. The monoisotopic (exact) mass is 411 g/mol. The fourth-order valence-corrected chi connectivity index (χ4v) is 2.75. The molecule has 0 radical (unpaired) electrons. The number of carbonyl (C=O) groups is 2. The first-order valence-electron chi connectivity index (χ1n) is 8.25. The van der Waals surface area contributed by atoms with Crippen LogP contribution in [-0.2, 0) is 14.3 Å². The van der Waals surface area contributed by atoms with Gasteiger partial charge in [-0.25, -0.2) is 5.43 Å². The molecule has 1 heterocycles. The van der Waals surface area contributed by atoms with E-state index in [1.54, 1.807) is 0 Å². The normalized spacial score (nSPS) is 16.8. The fourth-order valence-electron chi connectivity index (χ4n) is 2.23. The quantitative estimate of drug-likeness (QED) is 0.407. The van der Waals surface area contributed by atoms with Crippen LogP contribution in [0.15, 0.2) is 27.8 Å². The van der Waals surface area contributed by atoms with E-state index in [1.165, 1.54) is 6.21 Å². The van der Waals surface area contributed by atoms with E-state index in [1.807, 2.05) is 25.1 Å². The summed E-state index contributed by atoms with van der Waals surface area (Å²) in [6.07, 6.45) is 4.25. The van der Waals surface area contributed by atoms with E-state index in [9.17, 15) is 9.59 Å². The van der Waals surface area contributed by atoms with Crippen molar-refractivity contribution in [1.82, 2.24) is 10.7 Å². The smallest absolute Gasteiger partial charge is 0.329 e. The molecule has 0 bridgehead atoms. The van der Waals surface area contributed by atoms with Gasteiger partial charge in [-0.3, -0.25) is 9.59 Å². The van der Waals surface area contributed by atoms with E-state index in [2.05, 4.69) is 31.8 Å². The lowest BCUT2D eigenvalue weighted by Gasteiger charge is -2.09. The summed E-state index contributed by atoms with van der Waals surface area (Å²) < 4.78 is 11.7. The number of carbonyl (C=O) groups excluding carboxylic acids is 2. The van der Waals surface area contributed by atoms with Gasteiger partial charge in [0.1, 0.15) is 5.75 Å². The van der Waals surface area contributed by atoms with E-state index >= 15 is 0 Å². The van der Waals surface area contributed by atoms with Crippen molar-refractivity contribution in [1.29, 1.82) is 0 Å². The molecule has 7 nitrogen and oxygen atoms in total. The average molecular weight is 412 g/mol. The van der Waals surface area contributed by atoms with Crippen LogP contribution in [0.3, 0.4) is 0 Å². The molecular formula is C17H22BrN3O4. The number of rotatable bonds is 7. The highest BCUT2D eigenvalue weighted by atomic mass is 79.9. The van der Waals surface area contributed by atoms with Gasteiger partial charge < -0.3 is 14.8 Å². The number of ether oxygens (including phenoxy) is 2. The molecule has 1 fully saturated rings. The standard InChI is InChI=1S/C17H22BrN3O4/c1-2-7-25-15-6-5-12(9-14(15)18)10-20-21-17(23)16(22)19-11-13-4-3-8-24-13/h5-6,9-10,13H,2-4,7-8,11H2,1H3,(H,19,22)(H,21,23)/b20-10-/t13-/m0/s1. The zero-order valence-electron chi connectivity index (χ0n) is 14.1. The molecule has 1 atom stereocenters. The maximum atomic E-state index is 11.7. The van der Waals surface area contributed by atoms with Crippen molar-refractivity contribution < 1.29 is 19.1 Å². The molecule has 25 heavy (non-hydrogen) atoms. The van der Waals surface area contributed by atoms with Crippen molar-refractivity contribution in [2.75, 3.05) is 19.8 Å². The summed E-state index contributed by atoms with van der Waals surface area (Å²) in [6.45, 7) is 3.72. The van der Waals surface area contributed by atoms with Crippen LogP contribution in [0.5, 0.6) is 5.75 Å². The summed E-state index contributed by atoms with van der Waals surface area (Å²) in [5, 5.41) is 6.33. The van der Waals surface area contributed by atoms with Gasteiger partial charge in [-0.2, -0.15) is 5.10 Å². The summed E-state index contributed by atoms with van der Waals surface area (Å²) in [6, 6.07) is 5.44. The number of benzene rings is 1. The summed E-state index contributed by atoms with van der Waals surface area (Å²) >= 11 is 3.42. The topological polar surface area (TPSA) is 89.0 Å². The SMILES string of the molecule is CCCOc1ccc(/C=N\NC(=O)C(=O)NC[C@@H]2CCCO2)cc1Br. The second-order valence-corrected chi connectivity index (χ2v) is 6.44. The minimum atomic E-state index is -0.809. The number of hydrazone groups is 1. The van der Waals surface area contributed by atoms with Gasteiger partial charge in [0.2, 0.25) is 0 Å². The van der Waals surface area contributed by atoms with E-state index in [0.29, 0.717) is 19.8 Å². The highest BCUT2D eigenvalue weighted by molar-refractivity contribution is 9.10. The first-order valence-corrected chi connectivity index (χ1v) is 9.04. The molecule has 0 aliphatic carbocycles. The Kier molecular flexibility index (Phi) is 7.87. The maximum Gasteiger partial charge on any atom is 0.329 e. The molecule has 2 rings (SSSR count). The van der Waals surface area contributed by atoms with Gasteiger partial charge in [-0.05, 0) is 59.0 Å². The van der Waals surface area contributed by atoms with E-state index in [0.717, 1.165) is 35.0 Å². The third-order valence-corrected chi connectivity index (χ3v) is 4.14. The van der Waals surface area contributed by atoms with Gasteiger partial charge in [0, 0.05) is 13.2 Å². The van der Waals surface area contributed by atoms with Crippen molar-refractivity contribution in [2.45, 2.75) is 32.3 Å². The van der Waals surface area contributed by atoms with Crippen LogP contribution in [-0.4, -0.2) is 43.9 Å². The van der Waals surface area contributed by atoms with Crippen LogP contribution in [0.4, 0.5) is 0 Å². The maximum absolute atomic E-state index is 11.7. The zero-order chi connectivity index (χ0) is 18.1. The molecule has 136 valence electrons. The molecule has 0 spiro atoms. The molecule has 0 aromatic heterocycles. The molecule has 1 aromatic rings. The molecule has 0 saturated carbocycles. The molecule has 1 aromatic carbocycles. The largest absolute Gasteiger partial charge is 0.492 e. The second kappa shape index (κ2) is 10.1. The molecule has 2 N–H and O–H groups in total. The number of nitrogens with zero attached hydrogens (tertiary/aromatic N) is 1. The van der Waals surface area contributed by atoms with Crippen molar-refractivity contribution >= 4 is 34.0 Å². The molecule has 1 aliphatic rings. The lowest BCUT2D eigenvalue weighted by atomic mass is 10.2. The first kappa shape index (κ1) is 19.4. The highest BCUT2D eigenvalue weighted by Gasteiger charge is 2.18. The third-order valence-electron chi connectivity index (χ3n) is 3.52. The fraction of sp³-hybridized carbons (Fsp3) is 0.471. The Morgan fingerprint density at radius 1 is 1.44 bits per heavy atom. The van der Waals surface area contributed by atoms with Gasteiger partial charge >= 0.3 is 11.8 Å². The minimum Gasteiger partial charge on any atom is -0.492 e. The summed E-state index contributed by atoms with van der Waals surface area (Å²) in [7, 11) is 0. The molecule has 1 aliphatic heterocycles. The van der Waals surface area contributed by atoms with Crippen molar-refractivity contribution in [3.05, 3.63) is 28.2 Å². The Labute approximate surface area is 155 Å². The van der Waals surface area contributed by atoms with Gasteiger partial charge in [0.15, 0.2) is 0 Å². The van der Waals surface area contributed by atoms with Gasteiger partial charge in [-0.15, -0.1) is 0 Å². The van der Waals surface area contributed by atoms with E-state index in [-0.39, 0.29) is 6.10 Å². The Balaban J connectivity index is 1.78. The van der Waals surface area contributed by atoms with Crippen molar-refractivity contribution in [3.8, 4) is 5.75 Å². The van der Waals surface area contributed by atoms with Gasteiger partial charge in [-0.1, -0.05) is 6.92 Å². The summed E-state index contributed by atoms with van der Waals surface area (Å²) in [5.74, 6) is -0.787. The molecule has 2 amide bonds. The number of hydrogen-bond acceptors (Lipinski definition) is 5. The number of nitrogens with one attached hydrogen (secondary N) is 2. The van der Waals surface area contributed by atoms with Crippen LogP contribution in [0.2, 0.25) is 0 Å². The third kappa shape index (κ3) is 6.47. The zero-order valence-corrected chi connectivity index (χ0v) is 15.7. The number of amides is 2. The first-order chi connectivity index (χ1) is 12.1. The molecule has 8 heteroatoms. The second-order valence-electron chi connectivity index (χ2n) is 5.58. The van der Waals surface area contributed by atoms with Crippen LogP contribution in [0.1, 0.15) is 31.7 Å². The Morgan fingerprint density at radius 2 is 2.28 bits per heavy atom. The number of hydrogen-bond donors (Lipinski definition) is 2. The Morgan fingerprint density at radius 3 is 2.96 bits per heavy atom. The minimum absolute atomic E-state index is 0.00829. The molecule has 0 unspecified atom stereocenters. The van der Waals surface area contributed by atoms with Crippen LogP contribution in [0.25, 0.3) is 0 Å². The van der Waals surface area contributed by atoms with Gasteiger partial charge in [0.25, 0.3) is 0 Å². The summed E-state index contributed by atoms with van der Waals surface area (Å²) in [4.78, 5) is 23.3. The molecular weight excluding hydrogens is 390 g/mol. The van der Waals surface area contributed by atoms with Gasteiger partial charge in [0.05, 0.1) is 23.4 Å². The Hall–Kier alpha value is -1.93. The van der Waals surface area contributed by atoms with Crippen LogP contribution < -0.4 is 15.5 Å². The predicted molar refractivity (Wildman–Crippen MR) is 97.6 cm³/mol. The number of halogens is 1. The van der Waals surface area contributed by atoms with E-state index in [4.69, 9.17) is 9.47 Å². The lowest BCUT2D eigenvalue weighted by Crippen LogP contribution is -2.41. The highest BCUT2D eigenvalue weighted by Crippen LogP contribution is 2.25. The Bertz CT molecular complexity index is 630. The van der Waals surface area contributed by atoms with Crippen LogP contribution >= 0.6 is 15.9 Å². The summed E-state index contributed by atoms with van der Waals surface area (Å²) in [5.41, 5.74) is 2.97. The van der Waals surface area contributed by atoms with E-state index < -0.39 is 11.8 Å².